The van der Waals surface area contributed by atoms with Gasteiger partial charge in [-0.2, -0.15) is 0 Å². The first-order valence-corrected chi connectivity index (χ1v) is 12.8. The Kier molecular flexibility index (Phi) is 7.14. The molecule has 0 radical (unpaired) electrons. The molecule has 148 valence electrons. The maximum atomic E-state index is 9.83. The van der Waals surface area contributed by atoms with Crippen LogP contribution in [0.25, 0.3) is 0 Å². The van der Waals surface area contributed by atoms with Crippen molar-refractivity contribution in [1.29, 1.82) is 0 Å². The number of fused-ring (bicyclic) bond motifs is 1. The maximum absolute atomic E-state index is 9.83. The van der Waals surface area contributed by atoms with Gasteiger partial charge in [0.05, 0.1) is 30.5 Å². The minimum absolute atomic E-state index is 0.00803. The van der Waals surface area contributed by atoms with E-state index in [1.807, 2.05) is 0 Å². The molecule has 2 aliphatic heterocycles. The fourth-order valence-electron chi connectivity index (χ4n) is 3.39. The van der Waals surface area contributed by atoms with Crippen molar-refractivity contribution in [3.63, 3.8) is 0 Å². The Balaban J connectivity index is 2.04. The summed E-state index contributed by atoms with van der Waals surface area (Å²) in [5.74, 6) is 2.36. The third-order valence-electron chi connectivity index (χ3n) is 6.00. The molecule has 0 spiro atoms. The smallest absolute Gasteiger partial charge is 0.192 e. The average Bonchev–Trinajstić information content (AvgIpc) is 3.10. The first kappa shape index (κ1) is 21.7. The Morgan fingerprint density at radius 3 is 2.31 bits per heavy atom. The molecule has 2 rings (SSSR count). The minimum atomic E-state index is -1.89. The lowest BCUT2D eigenvalue weighted by Gasteiger charge is -2.40. The summed E-state index contributed by atoms with van der Waals surface area (Å²) < 4.78 is 19.0. The Hall–Kier alpha value is -0.643. The highest BCUT2D eigenvalue weighted by Crippen LogP contribution is 2.41. The van der Waals surface area contributed by atoms with Gasteiger partial charge in [-0.25, -0.2) is 0 Å². The second-order valence-corrected chi connectivity index (χ2v) is 13.8. The summed E-state index contributed by atoms with van der Waals surface area (Å²) in [6, 6.07) is 0. The van der Waals surface area contributed by atoms with Crippen LogP contribution in [0, 0.1) is 12.3 Å². The van der Waals surface area contributed by atoms with Crippen LogP contribution in [-0.2, 0) is 13.9 Å². The molecule has 2 aliphatic rings. The molecule has 0 unspecified atom stereocenters. The zero-order valence-electron chi connectivity index (χ0n) is 17.2. The van der Waals surface area contributed by atoms with Crippen LogP contribution >= 0.6 is 0 Å². The van der Waals surface area contributed by atoms with Gasteiger partial charge in [-0.1, -0.05) is 45.8 Å². The summed E-state index contributed by atoms with van der Waals surface area (Å²) in [7, 11) is -1.89. The number of aliphatic hydroxyl groups is 1. The van der Waals surface area contributed by atoms with Gasteiger partial charge in [-0.15, -0.1) is 6.42 Å². The van der Waals surface area contributed by atoms with Crippen molar-refractivity contribution in [2.24, 2.45) is 0 Å². The van der Waals surface area contributed by atoms with Crippen LogP contribution in [0.2, 0.25) is 18.1 Å². The van der Waals surface area contributed by atoms with E-state index < -0.39 is 14.4 Å². The highest BCUT2D eigenvalue weighted by Gasteiger charge is 2.49. The van der Waals surface area contributed by atoms with Crippen molar-refractivity contribution in [1.82, 2.24) is 0 Å². The van der Waals surface area contributed by atoms with E-state index in [1.165, 1.54) is 0 Å². The maximum Gasteiger partial charge on any atom is 0.192 e. The van der Waals surface area contributed by atoms with Crippen molar-refractivity contribution < 1.29 is 19.0 Å². The predicted octanol–water partition coefficient (Wildman–Crippen LogP) is 4.04. The summed E-state index contributed by atoms with van der Waals surface area (Å²) in [5, 5.41) is 9.99. The average molecular weight is 381 g/mol. The lowest BCUT2D eigenvalue weighted by molar-refractivity contribution is -0.0322. The van der Waals surface area contributed by atoms with Crippen molar-refractivity contribution in [3.05, 3.63) is 12.2 Å². The number of hydrogen-bond acceptors (Lipinski definition) is 4. The van der Waals surface area contributed by atoms with Crippen LogP contribution in [0.3, 0.4) is 0 Å². The van der Waals surface area contributed by atoms with Crippen molar-refractivity contribution >= 4 is 8.32 Å². The third-order valence-corrected chi connectivity index (χ3v) is 10.5. The van der Waals surface area contributed by atoms with E-state index in [-0.39, 0.29) is 35.6 Å². The Morgan fingerprint density at radius 2 is 1.77 bits per heavy atom. The van der Waals surface area contributed by atoms with Crippen LogP contribution in [0.1, 0.15) is 53.4 Å². The van der Waals surface area contributed by atoms with Crippen molar-refractivity contribution in [3.8, 4) is 12.3 Å². The molecule has 2 heterocycles. The first-order valence-electron chi connectivity index (χ1n) is 9.87. The number of terminal acetylenes is 1. The van der Waals surface area contributed by atoms with Crippen LogP contribution in [0.4, 0.5) is 0 Å². The van der Waals surface area contributed by atoms with E-state index in [2.05, 4.69) is 58.9 Å². The van der Waals surface area contributed by atoms with Gasteiger partial charge < -0.3 is 19.0 Å². The van der Waals surface area contributed by atoms with Gasteiger partial charge in [-0.05, 0) is 31.0 Å². The van der Waals surface area contributed by atoms with E-state index in [1.54, 1.807) is 0 Å². The van der Waals surface area contributed by atoms with Gasteiger partial charge in [-0.3, -0.25) is 0 Å². The van der Waals surface area contributed by atoms with E-state index in [4.69, 9.17) is 20.3 Å². The van der Waals surface area contributed by atoms with E-state index >= 15 is 0 Å². The molecule has 0 aliphatic carbocycles. The van der Waals surface area contributed by atoms with Crippen molar-refractivity contribution in [2.45, 2.75) is 108 Å². The quantitative estimate of drug-likeness (QED) is 0.411. The minimum Gasteiger partial charge on any atom is -0.411 e. The molecule has 0 aromatic carbocycles. The van der Waals surface area contributed by atoms with E-state index in [9.17, 15) is 5.11 Å². The van der Waals surface area contributed by atoms with Crippen LogP contribution in [0.15, 0.2) is 12.2 Å². The predicted molar refractivity (Wildman–Crippen MR) is 108 cm³/mol. The topological polar surface area (TPSA) is 47.9 Å². The molecule has 0 bridgehead atoms. The molecule has 0 saturated carbocycles. The molecule has 2 saturated heterocycles. The highest BCUT2D eigenvalue weighted by atomic mass is 28.4. The number of aliphatic hydroxyl groups excluding tert-OH is 1. The van der Waals surface area contributed by atoms with E-state index in [0.717, 1.165) is 19.3 Å². The zero-order valence-corrected chi connectivity index (χ0v) is 18.2. The Morgan fingerprint density at radius 1 is 1.19 bits per heavy atom. The number of rotatable bonds is 7. The van der Waals surface area contributed by atoms with Crippen molar-refractivity contribution in [2.75, 3.05) is 0 Å². The van der Waals surface area contributed by atoms with E-state index in [0.29, 0.717) is 6.42 Å². The molecule has 26 heavy (non-hydrogen) atoms. The lowest BCUT2D eigenvalue weighted by atomic mass is 10.0. The summed E-state index contributed by atoms with van der Waals surface area (Å²) in [5.41, 5.74) is 0. The second-order valence-electron chi connectivity index (χ2n) is 9.04. The van der Waals surface area contributed by atoms with Gasteiger partial charge >= 0.3 is 0 Å². The largest absolute Gasteiger partial charge is 0.411 e. The highest BCUT2D eigenvalue weighted by molar-refractivity contribution is 6.74. The molecule has 0 amide bonds. The first-order chi connectivity index (χ1) is 12.1. The Bertz CT molecular complexity index is 517. The fourth-order valence-corrected chi connectivity index (χ4v) is 4.74. The normalized spacial score (nSPS) is 31.8. The van der Waals surface area contributed by atoms with Gasteiger partial charge in [0.25, 0.3) is 0 Å². The summed E-state index contributed by atoms with van der Waals surface area (Å²) in [6.45, 7) is 13.5. The zero-order chi connectivity index (χ0) is 19.5. The molecule has 0 aromatic rings. The molecule has 6 atom stereocenters. The van der Waals surface area contributed by atoms with Crippen LogP contribution in [-0.4, -0.2) is 50.0 Å². The monoisotopic (exact) mass is 380 g/mol. The Labute approximate surface area is 160 Å². The van der Waals surface area contributed by atoms with Gasteiger partial charge in [0.15, 0.2) is 8.32 Å². The lowest BCUT2D eigenvalue weighted by Crippen LogP contribution is -2.47. The molecular formula is C21H36O4Si. The molecule has 4 nitrogen and oxygen atoms in total. The van der Waals surface area contributed by atoms with Crippen LogP contribution in [0.5, 0.6) is 0 Å². The molecule has 0 aromatic heterocycles. The summed E-state index contributed by atoms with van der Waals surface area (Å²) in [4.78, 5) is 0. The molecule has 2 fully saturated rings. The molecular weight excluding hydrogens is 344 g/mol. The van der Waals surface area contributed by atoms with Gasteiger partial charge in [0.1, 0.15) is 6.10 Å². The third kappa shape index (κ3) is 4.99. The van der Waals surface area contributed by atoms with Crippen LogP contribution < -0.4 is 0 Å². The summed E-state index contributed by atoms with van der Waals surface area (Å²) in [6.07, 6.45) is 12.0. The standard InChI is InChI=1S/C21H36O4Si/c1-8-10-11-12-16(25-26(6,7)21(3,4)5)18-14-20-19(24-18)13-17(23-20)15(22)9-2/h2,10-11,15-20,22H,8,12-14H2,1,3-7H3/b11-10+/t15-,16-,17-,18+,19+,20+/m0/s1. The SMILES string of the molecule is C#C[C@H](O)[C@@H]1C[C@H]2O[C@@H]([C@H](C/C=C/CC)O[Si](C)(C)C(C)(C)C)C[C@H]2O1. The molecule has 1 N–H and O–H groups in total. The molecule has 5 heteroatoms. The van der Waals surface area contributed by atoms with Gasteiger partial charge in [0, 0.05) is 12.8 Å². The number of allylic oxidation sites excluding steroid dienone is 1. The summed E-state index contributed by atoms with van der Waals surface area (Å²) >= 11 is 0. The second kappa shape index (κ2) is 8.58. The number of ether oxygens (including phenoxy) is 2. The van der Waals surface area contributed by atoms with Gasteiger partial charge in [0.2, 0.25) is 0 Å². The fraction of sp³-hybridized carbons (Fsp3) is 0.810. The number of hydrogen-bond donors (Lipinski definition) is 1.